The van der Waals surface area contributed by atoms with E-state index in [1.807, 2.05) is 6.92 Å². The summed E-state index contributed by atoms with van der Waals surface area (Å²) in [5.41, 5.74) is 0. The fourth-order valence-corrected chi connectivity index (χ4v) is 1.35. The molecular weight excluding hydrogens is 184 g/mol. The standard InChI is InChI=1S/C6H9BrO2/c1-2-9-5-3-4(8)6(5)7/h5-6H,2-3H2,1H3. The molecule has 1 aliphatic carbocycles. The van der Waals surface area contributed by atoms with Crippen LogP contribution >= 0.6 is 15.9 Å². The third-order valence-electron chi connectivity index (χ3n) is 1.42. The summed E-state index contributed by atoms with van der Waals surface area (Å²) in [6.07, 6.45) is 0.728. The highest BCUT2D eigenvalue weighted by Gasteiger charge is 2.37. The van der Waals surface area contributed by atoms with Crippen LogP contribution in [0.25, 0.3) is 0 Å². The molecule has 0 saturated heterocycles. The largest absolute Gasteiger partial charge is 0.376 e. The van der Waals surface area contributed by atoms with Gasteiger partial charge >= 0.3 is 0 Å². The van der Waals surface area contributed by atoms with Crippen molar-refractivity contribution in [2.75, 3.05) is 6.61 Å². The maximum absolute atomic E-state index is 10.6. The summed E-state index contributed by atoms with van der Waals surface area (Å²) in [6.45, 7) is 2.63. The van der Waals surface area contributed by atoms with Gasteiger partial charge in [-0.3, -0.25) is 4.79 Å². The number of ketones is 1. The Bertz CT molecular complexity index is 124. The summed E-state index contributed by atoms with van der Waals surface area (Å²) < 4.78 is 5.19. The van der Waals surface area contributed by atoms with E-state index in [1.165, 1.54) is 0 Å². The van der Waals surface area contributed by atoms with Gasteiger partial charge in [0.25, 0.3) is 0 Å². The van der Waals surface area contributed by atoms with E-state index in [1.54, 1.807) is 0 Å². The lowest BCUT2D eigenvalue weighted by atomic mass is 9.94. The van der Waals surface area contributed by atoms with E-state index in [9.17, 15) is 4.79 Å². The van der Waals surface area contributed by atoms with Crippen LogP contribution in [0, 0.1) is 0 Å². The van der Waals surface area contributed by atoms with Crippen LogP contribution in [0.3, 0.4) is 0 Å². The second-order valence-corrected chi connectivity index (χ2v) is 3.05. The topological polar surface area (TPSA) is 26.3 Å². The first-order valence-electron chi connectivity index (χ1n) is 3.04. The molecule has 0 spiro atoms. The number of hydrogen-bond donors (Lipinski definition) is 0. The number of ether oxygens (including phenoxy) is 1. The van der Waals surface area contributed by atoms with Crippen molar-refractivity contribution in [3.8, 4) is 0 Å². The predicted molar refractivity (Wildman–Crippen MR) is 37.8 cm³/mol. The Morgan fingerprint density at radius 1 is 1.89 bits per heavy atom. The van der Waals surface area contributed by atoms with Crippen LogP contribution < -0.4 is 0 Å². The fraction of sp³-hybridized carbons (Fsp3) is 0.833. The van der Waals surface area contributed by atoms with E-state index in [0.717, 1.165) is 0 Å². The molecule has 1 rings (SSSR count). The highest BCUT2D eigenvalue weighted by molar-refractivity contribution is 9.10. The SMILES string of the molecule is CCOC1CC(=O)C1Br. The van der Waals surface area contributed by atoms with Crippen molar-refractivity contribution >= 4 is 21.7 Å². The molecule has 0 radical (unpaired) electrons. The third kappa shape index (κ3) is 1.33. The summed E-state index contributed by atoms with van der Waals surface area (Å²) in [5, 5.41) is 0. The minimum Gasteiger partial charge on any atom is -0.376 e. The van der Waals surface area contributed by atoms with Gasteiger partial charge in [0.1, 0.15) is 0 Å². The second kappa shape index (κ2) is 2.80. The van der Waals surface area contributed by atoms with Crippen LogP contribution in [-0.2, 0) is 9.53 Å². The molecule has 0 aliphatic heterocycles. The van der Waals surface area contributed by atoms with Crippen LogP contribution in [0.2, 0.25) is 0 Å². The molecule has 52 valence electrons. The summed E-state index contributed by atoms with van der Waals surface area (Å²) in [4.78, 5) is 10.6. The van der Waals surface area contributed by atoms with Crippen molar-refractivity contribution in [1.82, 2.24) is 0 Å². The Morgan fingerprint density at radius 3 is 2.89 bits per heavy atom. The van der Waals surface area contributed by atoms with Crippen LogP contribution in [-0.4, -0.2) is 23.3 Å². The van der Waals surface area contributed by atoms with Gasteiger partial charge in [-0.15, -0.1) is 0 Å². The van der Waals surface area contributed by atoms with Gasteiger partial charge in [0.2, 0.25) is 0 Å². The predicted octanol–water partition coefficient (Wildman–Crippen LogP) is 1.13. The molecule has 0 heterocycles. The van der Waals surface area contributed by atoms with Crippen molar-refractivity contribution in [2.24, 2.45) is 0 Å². The molecule has 2 unspecified atom stereocenters. The lowest BCUT2D eigenvalue weighted by Crippen LogP contribution is -2.44. The molecule has 9 heavy (non-hydrogen) atoms. The molecule has 2 atom stereocenters. The maximum Gasteiger partial charge on any atom is 0.151 e. The quantitative estimate of drug-likeness (QED) is 0.614. The van der Waals surface area contributed by atoms with E-state index in [2.05, 4.69) is 15.9 Å². The minimum atomic E-state index is -0.0301. The molecule has 1 fully saturated rings. The van der Waals surface area contributed by atoms with E-state index in [0.29, 0.717) is 13.0 Å². The second-order valence-electron chi connectivity index (χ2n) is 2.07. The lowest BCUT2D eigenvalue weighted by molar-refractivity contribution is -0.132. The van der Waals surface area contributed by atoms with Gasteiger partial charge in [-0.25, -0.2) is 0 Å². The summed E-state index contributed by atoms with van der Waals surface area (Å²) >= 11 is 3.22. The average molecular weight is 193 g/mol. The van der Waals surface area contributed by atoms with Crippen molar-refractivity contribution in [3.05, 3.63) is 0 Å². The van der Waals surface area contributed by atoms with Crippen molar-refractivity contribution < 1.29 is 9.53 Å². The number of halogens is 1. The Kier molecular flexibility index (Phi) is 2.24. The highest BCUT2D eigenvalue weighted by atomic mass is 79.9. The van der Waals surface area contributed by atoms with Crippen LogP contribution in [0.5, 0.6) is 0 Å². The Balaban J connectivity index is 2.25. The number of alkyl halides is 1. The fourth-order valence-electron chi connectivity index (χ4n) is 0.819. The molecule has 0 bridgehead atoms. The molecule has 2 nitrogen and oxygen atoms in total. The van der Waals surface area contributed by atoms with Gasteiger partial charge < -0.3 is 4.74 Å². The Labute approximate surface area is 62.7 Å². The molecule has 1 aliphatic rings. The summed E-state index contributed by atoms with van der Waals surface area (Å²) in [5.74, 6) is 0.258. The first kappa shape index (κ1) is 7.22. The van der Waals surface area contributed by atoms with Gasteiger partial charge in [-0.2, -0.15) is 0 Å². The smallest absolute Gasteiger partial charge is 0.151 e. The Morgan fingerprint density at radius 2 is 2.56 bits per heavy atom. The Hall–Kier alpha value is 0.110. The molecular formula is C6H9BrO2. The zero-order chi connectivity index (χ0) is 6.85. The number of carbonyl (C=O) groups excluding carboxylic acids is 1. The number of Topliss-reactive ketones (excluding diaryl/α,β-unsaturated/α-hetero) is 1. The molecule has 1 saturated carbocycles. The van der Waals surface area contributed by atoms with Gasteiger partial charge in [-0.05, 0) is 6.92 Å². The zero-order valence-corrected chi connectivity index (χ0v) is 6.85. The van der Waals surface area contributed by atoms with Crippen LogP contribution in [0.4, 0.5) is 0 Å². The molecule has 0 aromatic rings. The number of rotatable bonds is 2. The monoisotopic (exact) mass is 192 g/mol. The summed E-state index contributed by atoms with van der Waals surface area (Å²) in [6, 6.07) is 0. The van der Waals surface area contributed by atoms with Crippen LogP contribution in [0.1, 0.15) is 13.3 Å². The minimum absolute atomic E-state index is 0.0301. The first-order chi connectivity index (χ1) is 4.25. The zero-order valence-electron chi connectivity index (χ0n) is 5.26. The van der Waals surface area contributed by atoms with Gasteiger partial charge in [0, 0.05) is 13.0 Å². The van der Waals surface area contributed by atoms with E-state index < -0.39 is 0 Å². The van der Waals surface area contributed by atoms with E-state index in [-0.39, 0.29) is 16.7 Å². The summed E-state index contributed by atoms with van der Waals surface area (Å²) in [7, 11) is 0. The van der Waals surface area contributed by atoms with Gasteiger partial charge in [0.05, 0.1) is 10.9 Å². The first-order valence-corrected chi connectivity index (χ1v) is 3.95. The maximum atomic E-state index is 10.6. The average Bonchev–Trinajstić information content (AvgIpc) is 1.88. The van der Waals surface area contributed by atoms with Crippen LogP contribution in [0.15, 0.2) is 0 Å². The van der Waals surface area contributed by atoms with Crippen molar-refractivity contribution in [3.63, 3.8) is 0 Å². The third-order valence-corrected chi connectivity index (χ3v) is 2.52. The molecule has 0 N–H and O–H groups in total. The van der Waals surface area contributed by atoms with Crippen molar-refractivity contribution in [1.29, 1.82) is 0 Å². The van der Waals surface area contributed by atoms with Gasteiger partial charge in [-0.1, -0.05) is 15.9 Å². The molecule has 0 aromatic heterocycles. The van der Waals surface area contributed by atoms with E-state index in [4.69, 9.17) is 4.74 Å². The van der Waals surface area contributed by atoms with Gasteiger partial charge in [0.15, 0.2) is 5.78 Å². The molecule has 0 aromatic carbocycles. The van der Waals surface area contributed by atoms with E-state index >= 15 is 0 Å². The number of hydrogen-bond acceptors (Lipinski definition) is 2. The number of carbonyl (C=O) groups is 1. The lowest BCUT2D eigenvalue weighted by Gasteiger charge is -2.29. The molecule has 0 amide bonds. The highest BCUT2D eigenvalue weighted by Crippen LogP contribution is 2.26. The van der Waals surface area contributed by atoms with Crippen molar-refractivity contribution in [2.45, 2.75) is 24.3 Å². The molecule has 3 heteroatoms. The normalized spacial score (nSPS) is 34.2.